The maximum atomic E-state index is 14.8. The van der Waals surface area contributed by atoms with Gasteiger partial charge in [0.1, 0.15) is 29.1 Å². The van der Waals surface area contributed by atoms with Gasteiger partial charge in [-0.2, -0.15) is 13.2 Å². The number of alkyl halides is 3. The first-order valence-electron chi connectivity index (χ1n) is 11.1. The van der Waals surface area contributed by atoms with E-state index < -0.39 is 52.8 Å². The Labute approximate surface area is 202 Å². The zero-order valence-corrected chi connectivity index (χ0v) is 19.6. The number of amides is 1. The van der Waals surface area contributed by atoms with Gasteiger partial charge >= 0.3 is 6.18 Å². The Morgan fingerprint density at radius 3 is 2.50 bits per heavy atom. The molecule has 7 nitrogen and oxygen atoms in total. The molecule has 0 radical (unpaired) electrons. The third-order valence-corrected chi connectivity index (χ3v) is 6.23. The minimum Gasteiger partial charge on any atom is -0.375 e. The van der Waals surface area contributed by atoms with E-state index in [1.54, 1.807) is 7.11 Å². The van der Waals surface area contributed by atoms with Gasteiger partial charge in [0.2, 0.25) is 5.43 Å². The molecule has 0 aliphatic carbocycles. The van der Waals surface area contributed by atoms with Crippen molar-refractivity contribution in [3.05, 3.63) is 63.9 Å². The SMILES string of the molecule is CC[C@@H](NC(=O)c1cn(-c2ccc(F)cc2F)c2nc(N3CC(C)(OC)C3)ccc2c1=O)C(F)(F)F. The van der Waals surface area contributed by atoms with E-state index in [1.807, 2.05) is 17.1 Å². The largest absolute Gasteiger partial charge is 0.408 e. The van der Waals surface area contributed by atoms with Gasteiger partial charge in [-0.05, 0) is 37.6 Å². The molecular formula is C24H23F5N4O3. The number of nitrogens with zero attached hydrogens (tertiary/aromatic N) is 3. The molecule has 36 heavy (non-hydrogen) atoms. The third kappa shape index (κ3) is 4.64. The smallest absolute Gasteiger partial charge is 0.375 e. The van der Waals surface area contributed by atoms with Crippen LogP contribution < -0.4 is 15.6 Å². The molecule has 1 N–H and O–H groups in total. The van der Waals surface area contributed by atoms with E-state index in [9.17, 15) is 31.5 Å². The molecule has 0 spiro atoms. The number of aromatic nitrogens is 2. The van der Waals surface area contributed by atoms with Gasteiger partial charge in [0.15, 0.2) is 5.65 Å². The van der Waals surface area contributed by atoms with Gasteiger partial charge in [-0.3, -0.25) is 14.2 Å². The maximum Gasteiger partial charge on any atom is 0.408 e. The number of carbonyl (C=O) groups excluding carboxylic acids is 1. The summed E-state index contributed by atoms with van der Waals surface area (Å²) in [6, 6.07) is 3.38. The van der Waals surface area contributed by atoms with Crippen LogP contribution in [-0.2, 0) is 4.74 Å². The van der Waals surface area contributed by atoms with Gasteiger partial charge < -0.3 is 15.0 Å². The van der Waals surface area contributed by atoms with Crippen LogP contribution in [0.1, 0.15) is 30.6 Å². The second kappa shape index (κ2) is 9.16. The molecule has 192 valence electrons. The summed E-state index contributed by atoms with van der Waals surface area (Å²) in [4.78, 5) is 32.2. The molecule has 0 unspecified atom stereocenters. The quantitative estimate of drug-likeness (QED) is 0.509. The van der Waals surface area contributed by atoms with Crippen LogP contribution in [0, 0.1) is 11.6 Å². The van der Waals surface area contributed by atoms with Gasteiger partial charge in [-0.25, -0.2) is 13.8 Å². The summed E-state index contributed by atoms with van der Waals surface area (Å²) in [5, 5.41) is 1.70. The lowest BCUT2D eigenvalue weighted by Gasteiger charge is -2.47. The van der Waals surface area contributed by atoms with Crippen molar-refractivity contribution >= 4 is 22.8 Å². The van der Waals surface area contributed by atoms with E-state index in [1.165, 1.54) is 19.1 Å². The van der Waals surface area contributed by atoms with E-state index in [4.69, 9.17) is 4.74 Å². The second-order valence-corrected chi connectivity index (χ2v) is 8.86. The summed E-state index contributed by atoms with van der Waals surface area (Å²) in [5.41, 5.74) is -2.20. The normalized spacial score (nSPS) is 16.1. The number of benzene rings is 1. The van der Waals surface area contributed by atoms with Crippen molar-refractivity contribution < 1.29 is 31.5 Å². The molecule has 1 amide bonds. The van der Waals surface area contributed by atoms with Gasteiger partial charge in [0, 0.05) is 32.5 Å². The van der Waals surface area contributed by atoms with Crippen molar-refractivity contribution in [2.45, 2.75) is 38.1 Å². The number of ether oxygens (including phenoxy) is 1. The number of hydrogen-bond donors (Lipinski definition) is 1. The fourth-order valence-corrected chi connectivity index (χ4v) is 4.09. The summed E-state index contributed by atoms with van der Waals surface area (Å²) in [5.74, 6) is -2.71. The first kappa shape index (κ1) is 25.5. The highest BCUT2D eigenvalue weighted by Crippen LogP contribution is 2.30. The number of hydrogen-bond acceptors (Lipinski definition) is 5. The van der Waals surface area contributed by atoms with E-state index in [2.05, 4.69) is 4.98 Å². The van der Waals surface area contributed by atoms with Crippen LogP contribution in [0.25, 0.3) is 16.7 Å². The monoisotopic (exact) mass is 510 g/mol. The number of anilines is 1. The Hall–Kier alpha value is -3.54. The predicted molar refractivity (Wildman–Crippen MR) is 122 cm³/mol. The van der Waals surface area contributed by atoms with Gasteiger partial charge in [0.25, 0.3) is 5.91 Å². The van der Waals surface area contributed by atoms with Crippen LogP contribution in [-0.4, -0.2) is 53.5 Å². The minimum absolute atomic E-state index is 0.0477. The van der Waals surface area contributed by atoms with E-state index >= 15 is 0 Å². The lowest BCUT2D eigenvalue weighted by Crippen LogP contribution is -2.61. The number of pyridine rings is 2. The second-order valence-electron chi connectivity index (χ2n) is 8.86. The highest BCUT2D eigenvalue weighted by atomic mass is 19.4. The molecule has 2 aromatic heterocycles. The molecule has 1 saturated heterocycles. The lowest BCUT2D eigenvalue weighted by atomic mass is 9.96. The molecule has 3 heterocycles. The molecule has 0 bridgehead atoms. The first-order chi connectivity index (χ1) is 16.9. The highest BCUT2D eigenvalue weighted by molar-refractivity contribution is 5.97. The zero-order chi connectivity index (χ0) is 26.4. The summed E-state index contributed by atoms with van der Waals surface area (Å²) in [7, 11) is 1.58. The Bertz CT molecular complexity index is 1380. The summed E-state index contributed by atoms with van der Waals surface area (Å²) in [6.45, 7) is 4.13. The number of halogens is 5. The van der Waals surface area contributed by atoms with Crippen molar-refractivity contribution in [1.29, 1.82) is 0 Å². The van der Waals surface area contributed by atoms with Crippen LogP contribution in [0.15, 0.2) is 41.3 Å². The number of carbonyl (C=O) groups is 1. The van der Waals surface area contributed by atoms with Crippen LogP contribution >= 0.6 is 0 Å². The van der Waals surface area contributed by atoms with Crippen molar-refractivity contribution in [2.24, 2.45) is 0 Å². The zero-order valence-electron chi connectivity index (χ0n) is 19.6. The summed E-state index contributed by atoms with van der Waals surface area (Å²) < 4.78 is 74.5. The Kier molecular flexibility index (Phi) is 6.50. The van der Waals surface area contributed by atoms with Gasteiger partial charge in [-0.1, -0.05) is 6.92 Å². The van der Waals surface area contributed by atoms with Crippen molar-refractivity contribution in [3.8, 4) is 5.69 Å². The molecule has 1 fully saturated rings. The molecule has 1 aliphatic rings. The Balaban J connectivity index is 1.87. The molecule has 1 atom stereocenters. The van der Waals surface area contributed by atoms with Crippen molar-refractivity contribution in [1.82, 2.24) is 14.9 Å². The maximum absolute atomic E-state index is 14.8. The van der Waals surface area contributed by atoms with E-state index in [-0.39, 0.29) is 16.7 Å². The molecule has 1 aromatic carbocycles. The molecule has 3 aromatic rings. The molecule has 4 rings (SSSR count). The summed E-state index contributed by atoms with van der Waals surface area (Å²) in [6.07, 6.45) is -4.26. The fraction of sp³-hybridized carbons (Fsp3) is 0.375. The van der Waals surface area contributed by atoms with Crippen molar-refractivity contribution in [3.63, 3.8) is 0 Å². The number of methoxy groups -OCH3 is 1. The van der Waals surface area contributed by atoms with Gasteiger partial charge in [0.05, 0.1) is 16.7 Å². The minimum atomic E-state index is -4.73. The van der Waals surface area contributed by atoms with Crippen molar-refractivity contribution in [2.75, 3.05) is 25.1 Å². The fourth-order valence-electron chi connectivity index (χ4n) is 4.09. The van der Waals surface area contributed by atoms with E-state index in [0.717, 1.165) is 22.9 Å². The topological polar surface area (TPSA) is 76.5 Å². The lowest BCUT2D eigenvalue weighted by molar-refractivity contribution is -0.153. The van der Waals surface area contributed by atoms with E-state index in [0.29, 0.717) is 25.0 Å². The number of nitrogens with one attached hydrogen (secondary N) is 1. The molecule has 1 aliphatic heterocycles. The Morgan fingerprint density at radius 2 is 1.92 bits per heavy atom. The standard InChI is InChI=1S/C24H23F5N4O3/c1-4-18(24(27,28)29)30-22(35)15-10-33(17-7-5-13(25)9-16(17)26)21-14(20(15)34)6-8-19(31-21)32-11-23(2,12-32)36-3/h5-10,18H,4,11-12H2,1-3H3,(H,30,35)/t18-/m1/s1. The molecular weight excluding hydrogens is 487 g/mol. The predicted octanol–water partition coefficient (Wildman–Crippen LogP) is 3.96. The molecule has 12 heteroatoms. The van der Waals surface area contributed by atoms with Crippen LogP contribution in [0.2, 0.25) is 0 Å². The molecule has 0 saturated carbocycles. The van der Waals surface area contributed by atoms with Crippen LogP contribution in [0.5, 0.6) is 0 Å². The summed E-state index contributed by atoms with van der Waals surface area (Å²) >= 11 is 0. The average Bonchev–Trinajstić information content (AvgIpc) is 2.80. The van der Waals surface area contributed by atoms with Gasteiger partial charge in [-0.15, -0.1) is 0 Å². The number of fused-ring (bicyclic) bond motifs is 1. The number of rotatable bonds is 6. The highest BCUT2D eigenvalue weighted by Gasteiger charge is 2.41. The average molecular weight is 510 g/mol. The van der Waals surface area contributed by atoms with Crippen LogP contribution in [0.4, 0.5) is 27.8 Å². The third-order valence-electron chi connectivity index (χ3n) is 6.23. The Morgan fingerprint density at radius 1 is 1.22 bits per heavy atom. The van der Waals surface area contributed by atoms with Crippen LogP contribution in [0.3, 0.4) is 0 Å². The first-order valence-corrected chi connectivity index (χ1v) is 11.1.